The number of alkyl halides is 3. The van der Waals surface area contributed by atoms with Crippen LogP contribution in [0.15, 0.2) is 36.5 Å². The average molecular weight is 456 g/mol. The van der Waals surface area contributed by atoms with Crippen molar-refractivity contribution < 1.29 is 18.0 Å². The number of benzene rings is 1. The number of hydrogen-bond acceptors (Lipinski definition) is 4. The lowest BCUT2D eigenvalue weighted by atomic mass is 10.0. The third-order valence-corrected chi connectivity index (χ3v) is 5.70. The molecular formula is C23H23F3N6O. The summed E-state index contributed by atoms with van der Waals surface area (Å²) in [5.74, 6) is -0.593. The Balaban J connectivity index is 1.69. The number of hydrogen-bond donors (Lipinski definition) is 1. The molecule has 4 aromatic rings. The number of aromatic nitrogens is 5. The van der Waals surface area contributed by atoms with Crippen LogP contribution >= 0.6 is 0 Å². The molecule has 0 aliphatic carbocycles. The summed E-state index contributed by atoms with van der Waals surface area (Å²) in [5.41, 5.74) is 3.21. The van der Waals surface area contributed by atoms with Crippen LogP contribution in [0.25, 0.3) is 16.9 Å². The summed E-state index contributed by atoms with van der Waals surface area (Å²) in [4.78, 5) is 17.0. The third kappa shape index (κ3) is 4.33. The first-order valence-electron chi connectivity index (χ1n) is 10.4. The monoisotopic (exact) mass is 456 g/mol. The number of fused-ring (bicyclic) bond motifs is 1. The van der Waals surface area contributed by atoms with Crippen molar-refractivity contribution in [3.63, 3.8) is 0 Å². The Morgan fingerprint density at radius 2 is 1.85 bits per heavy atom. The second-order valence-corrected chi connectivity index (χ2v) is 7.88. The van der Waals surface area contributed by atoms with E-state index in [0.717, 1.165) is 28.5 Å². The smallest absolute Gasteiger partial charge is 0.346 e. The molecule has 0 bridgehead atoms. The zero-order chi connectivity index (χ0) is 23.9. The van der Waals surface area contributed by atoms with Gasteiger partial charge in [0.25, 0.3) is 5.91 Å². The molecule has 1 N–H and O–H groups in total. The van der Waals surface area contributed by atoms with Crippen LogP contribution in [0.2, 0.25) is 0 Å². The van der Waals surface area contributed by atoms with E-state index in [1.807, 2.05) is 33.8 Å². The van der Waals surface area contributed by atoms with Crippen LogP contribution in [0.5, 0.6) is 0 Å². The van der Waals surface area contributed by atoms with Crippen LogP contribution in [0.4, 0.5) is 13.2 Å². The van der Waals surface area contributed by atoms with E-state index < -0.39 is 17.8 Å². The van der Waals surface area contributed by atoms with E-state index >= 15 is 0 Å². The van der Waals surface area contributed by atoms with E-state index in [9.17, 15) is 18.0 Å². The molecule has 0 aliphatic heterocycles. The van der Waals surface area contributed by atoms with Gasteiger partial charge >= 0.3 is 6.18 Å². The lowest BCUT2D eigenvalue weighted by Crippen LogP contribution is -2.23. The third-order valence-electron chi connectivity index (χ3n) is 5.70. The molecule has 0 spiro atoms. The van der Waals surface area contributed by atoms with Gasteiger partial charge in [-0.2, -0.15) is 23.4 Å². The van der Waals surface area contributed by atoms with Crippen molar-refractivity contribution in [2.24, 2.45) is 0 Å². The van der Waals surface area contributed by atoms with Gasteiger partial charge in [0.15, 0.2) is 17.0 Å². The van der Waals surface area contributed by atoms with E-state index in [2.05, 4.69) is 20.5 Å². The van der Waals surface area contributed by atoms with Gasteiger partial charge in [0, 0.05) is 36.0 Å². The number of carbonyl (C=O) groups excluding carboxylic acids is 1. The minimum Gasteiger partial charge on any atom is -0.346 e. The summed E-state index contributed by atoms with van der Waals surface area (Å²) in [5, 5.41) is 10.8. The second kappa shape index (κ2) is 8.34. The predicted molar refractivity (Wildman–Crippen MR) is 117 cm³/mol. The molecule has 1 amide bonds. The van der Waals surface area contributed by atoms with E-state index in [1.54, 1.807) is 23.0 Å². The predicted octanol–water partition coefficient (Wildman–Crippen LogP) is 4.49. The molecule has 0 saturated carbocycles. The molecule has 0 radical (unpaired) electrons. The van der Waals surface area contributed by atoms with Gasteiger partial charge < -0.3 is 5.32 Å². The SMILES string of the molecule is CCn1ncc(CNC(=O)c2cc3nc(-c4ccc(C)c(C)c4)cc(C(F)(F)F)n3n2)c1C. The topological polar surface area (TPSA) is 77.1 Å². The number of aryl methyl sites for hydroxylation is 3. The summed E-state index contributed by atoms with van der Waals surface area (Å²) >= 11 is 0. The van der Waals surface area contributed by atoms with Gasteiger partial charge in [-0.25, -0.2) is 9.50 Å². The highest BCUT2D eigenvalue weighted by molar-refractivity contribution is 5.93. The van der Waals surface area contributed by atoms with Crippen molar-refractivity contribution in [2.45, 2.75) is 47.0 Å². The largest absolute Gasteiger partial charge is 0.433 e. The molecular weight excluding hydrogens is 433 g/mol. The van der Waals surface area contributed by atoms with Gasteiger partial charge in [0.2, 0.25) is 0 Å². The summed E-state index contributed by atoms with van der Waals surface area (Å²) in [7, 11) is 0. The first-order valence-corrected chi connectivity index (χ1v) is 10.4. The van der Waals surface area contributed by atoms with Crippen molar-refractivity contribution in [1.82, 2.24) is 29.7 Å². The summed E-state index contributed by atoms with van der Waals surface area (Å²) in [6, 6.07) is 7.56. The van der Waals surface area contributed by atoms with Crippen LogP contribution in [-0.2, 0) is 19.3 Å². The van der Waals surface area contributed by atoms with Crippen molar-refractivity contribution in [3.8, 4) is 11.3 Å². The number of nitrogens with one attached hydrogen (secondary N) is 1. The number of amides is 1. The van der Waals surface area contributed by atoms with Gasteiger partial charge in [-0.15, -0.1) is 0 Å². The Bertz CT molecular complexity index is 1350. The normalized spacial score (nSPS) is 11.8. The Labute approximate surface area is 188 Å². The summed E-state index contributed by atoms with van der Waals surface area (Å²) < 4.78 is 43.9. The molecule has 4 rings (SSSR count). The zero-order valence-corrected chi connectivity index (χ0v) is 18.7. The zero-order valence-electron chi connectivity index (χ0n) is 18.7. The van der Waals surface area contributed by atoms with Crippen molar-refractivity contribution >= 4 is 11.6 Å². The maximum absolute atomic E-state index is 13.8. The fourth-order valence-electron chi connectivity index (χ4n) is 3.58. The molecule has 7 nitrogen and oxygen atoms in total. The molecule has 0 saturated heterocycles. The highest BCUT2D eigenvalue weighted by Crippen LogP contribution is 2.32. The Kier molecular flexibility index (Phi) is 5.69. The molecule has 0 unspecified atom stereocenters. The van der Waals surface area contributed by atoms with Gasteiger partial charge in [0.1, 0.15) is 0 Å². The van der Waals surface area contributed by atoms with Gasteiger partial charge in [-0.05, 0) is 51.0 Å². The standard InChI is InChI=1S/C23H23F3N6O/c1-5-31-15(4)17(12-28-31)11-27-22(33)19-10-21-29-18(16-7-6-13(2)14(3)8-16)9-20(23(24,25)26)32(21)30-19/h6-10,12H,5,11H2,1-4H3,(H,27,33). The first-order chi connectivity index (χ1) is 15.6. The lowest BCUT2D eigenvalue weighted by Gasteiger charge is -2.11. The second-order valence-electron chi connectivity index (χ2n) is 7.88. The van der Waals surface area contributed by atoms with Crippen molar-refractivity contribution in [1.29, 1.82) is 0 Å². The molecule has 0 aliphatic rings. The number of nitrogens with zero attached hydrogens (tertiary/aromatic N) is 5. The molecule has 33 heavy (non-hydrogen) atoms. The lowest BCUT2D eigenvalue weighted by molar-refractivity contribution is -0.142. The minimum absolute atomic E-state index is 0.0572. The molecule has 3 aromatic heterocycles. The quantitative estimate of drug-likeness (QED) is 0.480. The van der Waals surface area contributed by atoms with Crippen molar-refractivity contribution in [3.05, 3.63) is 70.3 Å². The highest BCUT2D eigenvalue weighted by atomic mass is 19.4. The fraction of sp³-hybridized carbons (Fsp3) is 0.304. The maximum atomic E-state index is 13.8. The van der Waals surface area contributed by atoms with Crippen molar-refractivity contribution in [2.75, 3.05) is 0 Å². The molecule has 3 heterocycles. The van der Waals surface area contributed by atoms with E-state index in [-0.39, 0.29) is 23.6 Å². The first kappa shape index (κ1) is 22.5. The van der Waals surface area contributed by atoms with E-state index in [0.29, 0.717) is 16.6 Å². The number of halogens is 3. The summed E-state index contributed by atoms with van der Waals surface area (Å²) in [6.45, 7) is 8.53. The molecule has 1 aromatic carbocycles. The molecule has 0 fully saturated rings. The van der Waals surface area contributed by atoms with Gasteiger partial charge in [-0.3, -0.25) is 9.48 Å². The van der Waals surface area contributed by atoms with Crippen LogP contribution in [0.1, 0.15) is 45.5 Å². The van der Waals surface area contributed by atoms with Crippen LogP contribution in [-0.4, -0.2) is 30.3 Å². The maximum Gasteiger partial charge on any atom is 0.433 e. The van der Waals surface area contributed by atoms with Gasteiger partial charge in [0.05, 0.1) is 11.9 Å². The Morgan fingerprint density at radius 3 is 2.48 bits per heavy atom. The van der Waals surface area contributed by atoms with Gasteiger partial charge in [-0.1, -0.05) is 12.1 Å². The van der Waals surface area contributed by atoms with Crippen LogP contribution < -0.4 is 5.32 Å². The average Bonchev–Trinajstić information content (AvgIpc) is 3.35. The molecule has 10 heteroatoms. The highest BCUT2D eigenvalue weighted by Gasteiger charge is 2.35. The van der Waals surface area contributed by atoms with Crippen LogP contribution in [0, 0.1) is 20.8 Å². The number of rotatable bonds is 5. The Morgan fingerprint density at radius 1 is 1.09 bits per heavy atom. The molecule has 0 atom stereocenters. The number of carbonyl (C=O) groups is 1. The molecule has 172 valence electrons. The Hall–Kier alpha value is -3.69. The minimum atomic E-state index is -4.68. The van der Waals surface area contributed by atoms with E-state index in [1.165, 1.54) is 6.07 Å². The van der Waals surface area contributed by atoms with Crippen LogP contribution in [0.3, 0.4) is 0 Å². The summed E-state index contributed by atoms with van der Waals surface area (Å²) in [6.07, 6.45) is -3.02. The van der Waals surface area contributed by atoms with E-state index in [4.69, 9.17) is 0 Å². The fourth-order valence-corrected chi connectivity index (χ4v) is 3.58.